The van der Waals surface area contributed by atoms with Gasteiger partial charge in [-0.25, -0.2) is 10.4 Å². The van der Waals surface area contributed by atoms with Crippen molar-refractivity contribution in [2.24, 2.45) is 0 Å². The fourth-order valence-corrected chi connectivity index (χ4v) is 3.47. The van der Waals surface area contributed by atoms with Gasteiger partial charge in [0, 0.05) is 10.7 Å². The number of aromatic amines is 1. The van der Waals surface area contributed by atoms with Crippen LogP contribution in [0, 0.1) is 0 Å². The highest BCUT2D eigenvalue weighted by Crippen LogP contribution is 2.30. The number of nitrogens with zero attached hydrogens (tertiary/aromatic N) is 3. The van der Waals surface area contributed by atoms with E-state index in [1.807, 2.05) is 35.9 Å². The molecule has 3 aromatic rings. The Balaban J connectivity index is 1.78. The van der Waals surface area contributed by atoms with E-state index < -0.39 is 0 Å². The third-order valence-electron chi connectivity index (χ3n) is 4.18. The van der Waals surface area contributed by atoms with Crippen LogP contribution in [0.5, 0.6) is 0 Å². The second-order valence-electron chi connectivity index (χ2n) is 5.90. The van der Waals surface area contributed by atoms with E-state index in [1.165, 1.54) is 0 Å². The van der Waals surface area contributed by atoms with Crippen molar-refractivity contribution in [3.63, 3.8) is 0 Å². The van der Waals surface area contributed by atoms with Crippen molar-refractivity contribution in [1.82, 2.24) is 15.1 Å². The van der Waals surface area contributed by atoms with Crippen molar-refractivity contribution in [3.8, 4) is 0 Å². The van der Waals surface area contributed by atoms with Crippen LogP contribution < -0.4 is 15.3 Å². The molecule has 26 heavy (non-hydrogen) atoms. The number of carbonyl (C=O) groups excluding carboxylic acids is 1. The highest BCUT2D eigenvalue weighted by molar-refractivity contribution is 9.10. The smallest absolute Gasteiger partial charge is 0.321 e. The molecule has 3 heterocycles. The molecule has 1 aromatic carbocycles. The number of pyridine rings is 1. The number of halogens is 1. The maximum Gasteiger partial charge on any atom is 0.416 e. The van der Waals surface area contributed by atoms with Crippen LogP contribution >= 0.6 is 15.9 Å². The maximum absolute atomic E-state index is 13.1. The van der Waals surface area contributed by atoms with E-state index in [-0.39, 0.29) is 11.9 Å². The van der Waals surface area contributed by atoms with Gasteiger partial charge in [0.1, 0.15) is 0 Å². The Kier molecular flexibility index (Phi) is 4.26. The summed E-state index contributed by atoms with van der Waals surface area (Å²) < 4.78 is 2.78. The molecule has 3 N–H and O–H groups in total. The van der Waals surface area contributed by atoms with Gasteiger partial charge in [0.15, 0.2) is 12.4 Å². The topological polar surface area (TPSA) is 86.6 Å². The molecule has 2 aromatic heterocycles. The molecule has 0 saturated carbocycles. The molecular formula is C18H16BrN6O+. The van der Waals surface area contributed by atoms with Crippen molar-refractivity contribution >= 4 is 33.5 Å². The molecule has 7 nitrogen and oxygen atoms in total. The minimum absolute atomic E-state index is 0.194. The fraction of sp³-hybridized carbons (Fsp3) is 0.111. The number of hydrogen-bond donors (Lipinski definition) is 3. The minimum Gasteiger partial charge on any atom is -0.321 e. The number of benzene rings is 1. The SMILES string of the molecule is CC1=C(C(=O)Nc2cccnc2)C(c2cccc(Br)c2)[n+]2[nH]cnc2N1. The lowest BCUT2D eigenvalue weighted by Crippen LogP contribution is -2.50. The summed E-state index contributed by atoms with van der Waals surface area (Å²) in [7, 11) is 0. The van der Waals surface area contributed by atoms with Crippen molar-refractivity contribution in [1.29, 1.82) is 0 Å². The largest absolute Gasteiger partial charge is 0.416 e. The molecule has 1 unspecified atom stereocenters. The molecule has 8 heteroatoms. The first-order chi connectivity index (χ1) is 12.6. The number of rotatable bonds is 3. The lowest BCUT2D eigenvalue weighted by Gasteiger charge is -2.24. The standard InChI is InChI=1S/C18H15BrN6O/c1-11-15(17(26)24-14-6-3-7-20-9-14)16(12-4-2-5-13(19)8-12)25-18(23-11)21-10-22-25/h2-10,16H,1H3,(H2,21,22,23,24,26)/p+1. The van der Waals surface area contributed by atoms with Crippen LogP contribution in [0.15, 0.2) is 70.9 Å². The van der Waals surface area contributed by atoms with Crippen molar-refractivity contribution in [3.05, 3.63) is 76.4 Å². The quantitative estimate of drug-likeness (QED) is 0.578. The molecule has 1 aliphatic heterocycles. The Morgan fingerprint density at radius 1 is 1.31 bits per heavy atom. The van der Waals surface area contributed by atoms with Crippen molar-refractivity contribution in [2.75, 3.05) is 10.6 Å². The number of anilines is 2. The lowest BCUT2D eigenvalue weighted by molar-refractivity contribution is -0.746. The number of hydrogen-bond acceptors (Lipinski definition) is 4. The van der Waals surface area contributed by atoms with Gasteiger partial charge in [-0.05, 0) is 36.8 Å². The van der Waals surface area contributed by atoms with Crippen LogP contribution in [0.1, 0.15) is 18.5 Å². The lowest BCUT2D eigenvalue weighted by atomic mass is 9.95. The van der Waals surface area contributed by atoms with Crippen LogP contribution in [0.25, 0.3) is 0 Å². The van der Waals surface area contributed by atoms with Gasteiger partial charge in [-0.1, -0.05) is 33.0 Å². The van der Waals surface area contributed by atoms with Crippen LogP contribution in [0.4, 0.5) is 11.6 Å². The summed E-state index contributed by atoms with van der Waals surface area (Å²) >= 11 is 3.51. The first-order valence-electron chi connectivity index (χ1n) is 8.03. The highest BCUT2D eigenvalue weighted by Gasteiger charge is 2.38. The Hall–Kier alpha value is -3.00. The Morgan fingerprint density at radius 2 is 2.19 bits per heavy atom. The number of aromatic nitrogens is 4. The summed E-state index contributed by atoms with van der Waals surface area (Å²) in [4.78, 5) is 21.4. The zero-order valence-corrected chi connectivity index (χ0v) is 15.5. The van der Waals surface area contributed by atoms with Crippen LogP contribution in [0.3, 0.4) is 0 Å². The summed E-state index contributed by atoms with van der Waals surface area (Å²) in [6.45, 7) is 1.88. The third-order valence-corrected chi connectivity index (χ3v) is 4.67. The number of allylic oxidation sites excluding steroid dienone is 1. The number of fused-ring (bicyclic) bond motifs is 1. The molecular weight excluding hydrogens is 396 g/mol. The second kappa shape index (κ2) is 6.72. The van der Waals surface area contributed by atoms with Gasteiger partial charge in [0.2, 0.25) is 0 Å². The maximum atomic E-state index is 13.1. The highest BCUT2D eigenvalue weighted by atomic mass is 79.9. The predicted octanol–water partition coefficient (Wildman–Crippen LogP) is 2.78. The van der Waals surface area contributed by atoms with E-state index in [4.69, 9.17) is 0 Å². The monoisotopic (exact) mass is 411 g/mol. The van der Waals surface area contributed by atoms with Crippen LogP contribution in [0.2, 0.25) is 0 Å². The minimum atomic E-state index is -0.331. The first kappa shape index (κ1) is 16.5. The number of nitrogens with one attached hydrogen (secondary N) is 3. The summed E-state index contributed by atoms with van der Waals surface area (Å²) in [5.74, 6) is 0.464. The van der Waals surface area contributed by atoms with E-state index in [2.05, 4.69) is 41.6 Å². The molecule has 0 fully saturated rings. The molecule has 1 amide bonds. The van der Waals surface area contributed by atoms with E-state index >= 15 is 0 Å². The molecule has 0 saturated heterocycles. The van der Waals surface area contributed by atoms with E-state index in [0.717, 1.165) is 15.7 Å². The van der Waals surface area contributed by atoms with Gasteiger partial charge in [0.05, 0.1) is 23.2 Å². The molecule has 4 rings (SSSR count). The molecule has 0 radical (unpaired) electrons. The summed E-state index contributed by atoms with van der Waals surface area (Å²) in [6, 6.07) is 11.1. The van der Waals surface area contributed by atoms with Crippen LogP contribution in [-0.2, 0) is 4.79 Å². The van der Waals surface area contributed by atoms with Gasteiger partial charge < -0.3 is 5.32 Å². The fourth-order valence-electron chi connectivity index (χ4n) is 3.06. The summed E-state index contributed by atoms with van der Waals surface area (Å²) in [5.41, 5.74) is 2.97. The Bertz CT molecular complexity index is 998. The van der Waals surface area contributed by atoms with Crippen LogP contribution in [-0.4, -0.2) is 21.0 Å². The Morgan fingerprint density at radius 3 is 2.96 bits per heavy atom. The molecule has 0 aliphatic carbocycles. The average molecular weight is 412 g/mol. The van der Waals surface area contributed by atoms with Gasteiger partial charge in [-0.3, -0.25) is 9.78 Å². The number of carbonyl (C=O) groups is 1. The average Bonchev–Trinajstić information content (AvgIpc) is 3.09. The molecule has 1 aliphatic rings. The predicted molar refractivity (Wildman–Crippen MR) is 100 cm³/mol. The van der Waals surface area contributed by atoms with Gasteiger partial charge in [0.25, 0.3) is 5.91 Å². The third kappa shape index (κ3) is 2.99. The summed E-state index contributed by atoms with van der Waals surface area (Å²) in [5, 5.41) is 9.20. The zero-order valence-electron chi connectivity index (χ0n) is 13.9. The van der Waals surface area contributed by atoms with Gasteiger partial charge in [-0.2, -0.15) is 0 Å². The van der Waals surface area contributed by atoms with E-state index in [0.29, 0.717) is 17.2 Å². The van der Waals surface area contributed by atoms with Crippen molar-refractivity contribution in [2.45, 2.75) is 13.0 Å². The molecule has 0 bridgehead atoms. The van der Waals surface area contributed by atoms with E-state index in [9.17, 15) is 4.79 Å². The first-order valence-corrected chi connectivity index (χ1v) is 8.82. The van der Waals surface area contributed by atoms with Gasteiger partial charge in [-0.15, -0.1) is 4.68 Å². The molecule has 130 valence electrons. The normalized spacial score (nSPS) is 16.0. The van der Waals surface area contributed by atoms with E-state index in [1.54, 1.807) is 30.9 Å². The zero-order chi connectivity index (χ0) is 18.1. The number of H-pyrrole nitrogens is 1. The van der Waals surface area contributed by atoms with Crippen molar-refractivity contribution < 1.29 is 9.48 Å². The number of amides is 1. The van der Waals surface area contributed by atoms with Gasteiger partial charge >= 0.3 is 5.95 Å². The second-order valence-corrected chi connectivity index (χ2v) is 6.81. The Labute approximate surface area is 158 Å². The summed E-state index contributed by atoms with van der Waals surface area (Å²) in [6.07, 6.45) is 4.88. The molecule has 1 atom stereocenters. The molecule has 0 spiro atoms.